The number of urea groups is 1. The molecule has 0 spiro atoms. The van der Waals surface area contributed by atoms with Crippen molar-refractivity contribution in [2.75, 3.05) is 38.7 Å². The van der Waals surface area contributed by atoms with Gasteiger partial charge in [0.25, 0.3) is 0 Å². The SMILES string of the molecule is COc1ccc(N2C[C@H](NC(=O)NCC[NH+](C)Cc3ccccc3)CC2=O)cc1. The molecule has 7 heteroatoms. The topological polar surface area (TPSA) is 75.1 Å². The molecule has 1 heterocycles. The molecule has 0 aliphatic carbocycles. The van der Waals surface area contributed by atoms with Crippen LogP contribution in [-0.4, -0.2) is 51.8 Å². The van der Waals surface area contributed by atoms with Crippen molar-refractivity contribution in [2.45, 2.75) is 19.0 Å². The maximum Gasteiger partial charge on any atom is 0.315 e. The molecule has 29 heavy (non-hydrogen) atoms. The van der Waals surface area contributed by atoms with Crippen molar-refractivity contribution in [2.24, 2.45) is 0 Å². The van der Waals surface area contributed by atoms with Gasteiger partial charge in [-0.1, -0.05) is 30.3 Å². The molecular formula is C22H29N4O3+. The summed E-state index contributed by atoms with van der Waals surface area (Å²) < 4.78 is 5.15. The number of benzene rings is 2. The molecule has 1 saturated heterocycles. The summed E-state index contributed by atoms with van der Waals surface area (Å²) in [4.78, 5) is 27.5. The number of rotatable bonds is 8. The minimum absolute atomic E-state index is 0.00695. The Kier molecular flexibility index (Phi) is 7.08. The van der Waals surface area contributed by atoms with Crippen LogP contribution in [0.1, 0.15) is 12.0 Å². The predicted molar refractivity (Wildman–Crippen MR) is 112 cm³/mol. The number of nitrogens with zero attached hydrogens (tertiary/aromatic N) is 1. The predicted octanol–water partition coefficient (Wildman–Crippen LogP) is 0.815. The number of hydrogen-bond acceptors (Lipinski definition) is 3. The number of methoxy groups -OCH3 is 1. The summed E-state index contributed by atoms with van der Waals surface area (Å²) in [6.45, 7) is 2.78. The van der Waals surface area contributed by atoms with E-state index in [4.69, 9.17) is 4.74 Å². The molecule has 1 unspecified atom stereocenters. The molecule has 1 fully saturated rings. The van der Waals surface area contributed by atoms with Crippen LogP contribution in [0.15, 0.2) is 54.6 Å². The van der Waals surface area contributed by atoms with Gasteiger partial charge < -0.3 is 25.2 Å². The third kappa shape index (κ3) is 5.96. The Morgan fingerprint density at radius 1 is 1.17 bits per heavy atom. The van der Waals surface area contributed by atoms with E-state index in [9.17, 15) is 9.59 Å². The number of amides is 3. The van der Waals surface area contributed by atoms with Crippen LogP contribution in [0.3, 0.4) is 0 Å². The molecule has 2 aromatic rings. The lowest BCUT2D eigenvalue weighted by molar-refractivity contribution is -0.892. The van der Waals surface area contributed by atoms with Crippen LogP contribution in [0, 0.1) is 0 Å². The smallest absolute Gasteiger partial charge is 0.315 e. The van der Waals surface area contributed by atoms with Gasteiger partial charge in [0.15, 0.2) is 0 Å². The lowest BCUT2D eigenvalue weighted by atomic mass is 10.2. The quantitative estimate of drug-likeness (QED) is 0.617. The first-order valence-electron chi connectivity index (χ1n) is 9.89. The highest BCUT2D eigenvalue weighted by atomic mass is 16.5. The Hall–Kier alpha value is -3.06. The Bertz CT molecular complexity index is 811. The van der Waals surface area contributed by atoms with Gasteiger partial charge in [-0.15, -0.1) is 0 Å². The second-order valence-corrected chi connectivity index (χ2v) is 7.37. The molecule has 3 amide bonds. The fourth-order valence-corrected chi connectivity index (χ4v) is 3.47. The molecule has 2 atom stereocenters. The molecule has 0 radical (unpaired) electrons. The summed E-state index contributed by atoms with van der Waals surface area (Å²) in [7, 11) is 3.71. The first-order valence-corrected chi connectivity index (χ1v) is 9.89. The lowest BCUT2D eigenvalue weighted by Gasteiger charge is -2.18. The van der Waals surface area contributed by atoms with Crippen LogP contribution in [0.25, 0.3) is 0 Å². The van der Waals surface area contributed by atoms with E-state index in [2.05, 4.69) is 29.8 Å². The minimum Gasteiger partial charge on any atom is -0.497 e. The second kappa shape index (κ2) is 9.93. The Balaban J connectivity index is 1.39. The normalized spacial score (nSPS) is 17.1. The van der Waals surface area contributed by atoms with Gasteiger partial charge in [-0.3, -0.25) is 4.79 Å². The number of quaternary nitrogens is 1. The van der Waals surface area contributed by atoms with E-state index >= 15 is 0 Å². The first-order chi connectivity index (χ1) is 14.0. The zero-order valence-electron chi connectivity index (χ0n) is 17.0. The van der Waals surface area contributed by atoms with Crippen LogP contribution in [0.2, 0.25) is 0 Å². The van der Waals surface area contributed by atoms with Gasteiger partial charge in [0.2, 0.25) is 5.91 Å². The molecule has 0 bridgehead atoms. The molecule has 0 saturated carbocycles. The summed E-state index contributed by atoms with van der Waals surface area (Å²) in [5, 5.41) is 5.80. The zero-order valence-corrected chi connectivity index (χ0v) is 17.0. The van der Waals surface area contributed by atoms with Gasteiger partial charge in [-0.25, -0.2) is 4.79 Å². The van der Waals surface area contributed by atoms with Crippen molar-refractivity contribution in [3.8, 4) is 5.75 Å². The van der Waals surface area contributed by atoms with Crippen molar-refractivity contribution in [1.29, 1.82) is 0 Å². The van der Waals surface area contributed by atoms with Gasteiger partial charge in [0.1, 0.15) is 12.3 Å². The Morgan fingerprint density at radius 3 is 2.59 bits per heavy atom. The summed E-state index contributed by atoms with van der Waals surface area (Å²) in [5.41, 5.74) is 2.09. The van der Waals surface area contributed by atoms with E-state index < -0.39 is 0 Å². The van der Waals surface area contributed by atoms with Crippen molar-refractivity contribution in [3.63, 3.8) is 0 Å². The fraction of sp³-hybridized carbons (Fsp3) is 0.364. The Labute approximate surface area is 171 Å². The number of nitrogens with one attached hydrogen (secondary N) is 3. The van der Waals surface area contributed by atoms with Crippen molar-refractivity contribution < 1.29 is 19.2 Å². The highest BCUT2D eigenvalue weighted by molar-refractivity contribution is 5.96. The third-order valence-corrected chi connectivity index (χ3v) is 5.03. The number of carbonyl (C=O) groups is 2. The molecule has 1 aliphatic heterocycles. The molecule has 7 nitrogen and oxygen atoms in total. The standard InChI is InChI=1S/C22H28N4O3/c1-25(15-17-6-4-3-5-7-17)13-12-23-22(28)24-18-14-21(27)26(16-18)19-8-10-20(29-2)11-9-19/h3-11,18H,12-16H2,1-2H3,(H2,23,24,28)/p+1/t18-/m1/s1. The molecular weight excluding hydrogens is 368 g/mol. The molecule has 154 valence electrons. The maximum absolute atomic E-state index is 12.3. The summed E-state index contributed by atoms with van der Waals surface area (Å²) in [5.74, 6) is 0.751. The minimum atomic E-state index is -0.230. The largest absolute Gasteiger partial charge is 0.497 e. The fourth-order valence-electron chi connectivity index (χ4n) is 3.47. The van der Waals surface area contributed by atoms with Crippen LogP contribution in [0.4, 0.5) is 10.5 Å². The van der Waals surface area contributed by atoms with Gasteiger partial charge >= 0.3 is 6.03 Å². The molecule has 0 aromatic heterocycles. The van der Waals surface area contributed by atoms with E-state index in [0.717, 1.165) is 24.5 Å². The number of hydrogen-bond donors (Lipinski definition) is 3. The first kappa shape index (κ1) is 20.7. The van der Waals surface area contributed by atoms with E-state index in [1.807, 2.05) is 42.5 Å². The van der Waals surface area contributed by atoms with E-state index in [1.165, 1.54) is 10.5 Å². The summed E-state index contributed by atoms with van der Waals surface area (Å²) in [6.07, 6.45) is 0.304. The second-order valence-electron chi connectivity index (χ2n) is 7.37. The summed E-state index contributed by atoms with van der Waals surface area (Å²) >= 11 is 0. The van der Waals surface area contributed by atoms with Crippen molar-refractivity contribution in [3.05, 3.63) is 60.2 Å². The highest BCUT2D eigenvalue weighted by Crippen LogP contribution is 2.24. The Morgan fingerprint density at radius 2 is 1.90 bits per heavy atom. The van der Waals surface area contributed by atoms with Crippen LogP contribution in [0.5, 0.6) is 5.75 Å². The van der Waals surface area contributed by atoms with E-state index in [1.54, 1.807) is 12.0 Å². The highest BCUT2D eigenvalue weighted by Gasteiger charge is 2.31. The van der Waals surface area contributed by atoms with Crippen molar-refractivity contribution >= 4 is 17.6 Å². The van der Waals surface area contributed by atoms with Crippen LogP contribution >= 0.6 is 0 Å². The van der Waals surface area contributed by atoms with Gasteiger partial charge in [0.05, 0.1) is 33.3 Å². The van der Waals surface area contributed by atoms with E-state index in [-0.39, 0.29) is 18.0 Å². The maximum atomic E-state index is 12.3. The monoisotopic (exact) mass is 397 g/mol. The van der Waals surface area contributed by atoms with Crippen molar-refractivity contribution in [1.82, 2.24) is 10.6 Å². The molecule has 1 aliphatic rings. The van der Waals surface area contributed by atoms with Gasteiger partial charge in [0, 0.05) is 24.2 Å². The zero-order chi connectivity index (χ0) is 20.6. The van der Waals surface area contributed by atoms with Gasteiger partial charge in [-0.05, 0) is 24.3 Å². The number of anilines is 1. The molecule has 2 aromatic carbocycles. The van der Waals surface area contributed by atoms with Crippen LogP contribution in [-0.2, 0) is 11.3 Å². The number of ether oxygens (including phenoxy) is 1. The molecule has 3 N–H and O–H groups in total. The number of carbonyl (C=O) groups excluding carboxylic acids is 2. The lowest BCUT2D eigenvalue weighted by Crippen LogP contribution is -3.08. The number of likely N-dealkylation sites (N-methyl/N-ethyl adjacent to an activating group) is 1. The van der Waals surface area contributed by atoms with E-state index in [0.29, 0.717) is 19.5 Å². The average molecular weight is 397 g/mol. The third-order valence-electron chi connectivity index (χ3n) is 5.03. The van der Waals surface area contributed by atoms with Crippen LogP contribution < -0.4 is 25.2 Å². The van der Waals surface area contributed by atoms with Gasteiger partial charge in [-0.2, -0.15) is 0 Å². The summed E-state index contributed by atoms with van der Waals surface area (Å²) in [6, 6.07) is 17.2. The average Bonchev–Trinajstić information content (AvgIpc) is 3.08. The molecule has 3 rings (SSSR count).